The van der Waals surface area contributed by atoms with Crippen LogP contribution in [0.3, 0.4) is 0 Å². The van der Waals surface area contributed by atoms with Crippen LogP contribution in [0, 0.1) is 0 Å². The maximum atomic E-state index is 12.4. The van der Waals surface area contributed by atoms with E-state index in [1.807, 2.05) is 0 Å². The first-order valence-corrected chi connectivity index (χ1v) is 9.77. The van der Waals surface area contributed by atoms with Gasteiger partial charge in [0, 0.05) is 39.2 Å². The summed E-state index contributed by atoms with van der Waals surface area (Å²) in [7, 11) is -1.94. The Morgan fingerprint density at radius 3 is 2.68 bits per heavy atom. The molecule has 1 amide bonds. The number of ether oxygens (including phenoxy) is 3. The molecule has 2 N–H and O–H groups in total. The van der Waals surface area contributed by atoms with Crippen molar-refractivity contribution >= 4 is 15.7 Å². The van der Waals surface area contributed by atoms with Crippen molar-refractivity contribution in [1.29, 1.82) is 0 Å². The van der Waals surface area contributed by atoms with E-state index in [4.69, 9.17) is 14.2 Å². The van der Waals surface area contributed by atoms with Gasteiger partial charge in [0.25, 0.3) is 0 Å². The number of nitrogens with one attached hydrogen (secondary N) is 2. The second-order valence-electron chi connectivity index (χ2n) is 5.47. The number of fused-ring (bicyclic) bond motifs is 1. The van der Waals surface area contributed by atoms with Crippen molar-refractivity contribution < 1.29 is 27.4 Å². The summed E-state index contributed by atoms with van der Waals surface area (Å²) in [5.41, 5.74) is 0. The Bertz CT molecular complexity index is 677. The van der Waals surface area contributed by atoms with Crippen molar-refractivity contribution in [3.8, 4) is 11.5 Å². The molecule has 1 heterocycles. The van der Waals surface area contributed by atoms with Gasteiger partial charge in [-0.05, 0) is 12.1 Å². The van der Waals surface area contributed by atoms with Crippen LogP contribution in [-0.2, 0) is 19.4 Å². The number of benzene rings is 1. The van der Waals surface area contributed by atoms with E-state index in [0.29, 0.717) is 51.0 Å². The van der Waals surface area contributed by atoms with E-state index >= 15 is 0 Å². The summed E-state index contributed by atoms with van der Waals surface area (Å²) in [6, 6.07) is 4.50. The van der Waals surface area contributed by atoms with Crippen LogP contribution in [0.2, 0.25) is 0 Å². The van der Waals surface area contributed by atoms with Gasteiger partial charge >= 0.3 is 0 Å². The van der Waals surface area contributed by atoms with E-state index in [0.717, 1.165) is 0 Å². The molecular weight excluding hydrogens is 348 g/mol. The predicted octanol–water partition coefficient (Wildman–Crippen LogP) is -0.0262. The molecule has 0 saturated carbocycles. The predicted molar refractivity (Wildman–Crippen MR) is 91.9 cm³/mol. The van der Waals surface area contributed by atoms with Gasteiger partial charge in [0.1, 0.15) is 13.2 Å². The first-order chi connectivity index (χ1) is 12.0. The molecule has 0 fully saturated rings. The van der Waals surface area contributed by atoms with Gasteiger partial charge in [-0.2, -0.15) is 0 Å². The zero-order valence-electron chi connectivity index (χ0n) is 14.2. The van der Waals surface area contributed by atoms with Crippen LogP contribution in [0.15, 0.2) is 23.1 Å². The molecule has 0 radical (unpaired) electrons. The van der Waals surface area contributed by atoms with Gasteiger partial charge in [0.2, 0.25) is 5.91 Å². The molecule has 1 aliphatic heterocycles. The average molecular weight is 372 g/mol. The molecule has 1 aromatic carbocycles. The van der Waals surface area contributed by atoms with Gasteiger partial charge in [0.05, 0.1) is 17.3 Å². The highest BCUT2D eigenvalue weighted by molar-refractivity contribution is 7.91. The third-order valence-electron chi connectivity index (χ3n) is 3.58. The second kappa shape index (κ2) is 9.59. The van der Waals surface area contributed by atoms with E-state index < -0.39 is 9.84 Å². The van der Waals surface area contributed by atoms with Gasteiger partial charge in [-0.1, -0.05) is 0 Å². The normalized spacial score (nSPS) is 13.5. The van der Waals surface area contributed by atoms with Crippen LogP contribution >= 0.6 is 0 Å². The molecule has 0 bridgehead atoms. The number of sulfone groups is 1. The Morgan fingerprint density at radius 1 is 1.16 bits per heavy atom. The SMILES string of the molecule is COCCNCCNC(=O)CCS(=O)(=O)c1ccc2c(c1)OCCO2. The Balaban J connectivity index is 1.78. The van der Waals surface area contributed by atoms with E-state index in [9.17, 15) is 13.2 Å². The number of hydrogen-bond donors (Lipinski definition) is 2. The Morgan fingerprint density at radius 2 is 1.92 bits per heavy atom. The summed E-state index contributed by atoms with van der Waals surface area (Å²) < 4.78 is 40.4. The van der Waals surface area contributed by atoms with E-state index in [2.05, 4.69) is 10.6 Å². The largest absolute Gasteiger partial charge is 0.486 e. The molecule has 140 valence electrons. The van der Waals surface area contributed by atoms with Crippen molar-refractivity contribution in [3.05, 3.63) is 18.2 Å². The lowest BCUT2D eigenvalue weighted by Gasteiger charge is -2.18. The monoisotopic (exact) mass is 372 g/mol. The molecule has 0 unspecified atom stereocenters. The number of hydrogen-bond acceptors (Lipinski definition) is 7. The van der Waals surface area contributed by atoms with Crippen molar-refractivity contribution in [2.24, 2.45) is 0 Å². The summed E-state index contributed by atoms with van der Waals surface area (Å²) in [5, 5.41) is 5.77. The highest BCUT2D eigenvalue weighted by Gasteiger charge is 2.20. The van der Waals surface area contributed by atoms with Crippen molar-refractivity contribution in [3.63, 3.8) is 0 Å². The lowest BCUT2D eigenvalue weighted by Crippen LogP contribution is -2.33. The van der Waals surface area contributed by atoms with Crippen molar-refractivity contribution in [1.82, 2.24) is 10.6 Å². The average Bonchev–Trinajstić information content (AvgIpc) is 2.62. The standard InChI is InChI=1S/C16H24N2O6S/c1-22-8-7-17-5-6-18-16(19)4-11-25(20,21)13-2-3-14-15(12-13)24-10-9-23-14/h2-3,12,17H,4-11H2,1H3,(H,18,19). The first-order valence-electron chi connectivity index (χ1n) is 8.12. The lowest BCUT2D eigenvalue weighted by atomic mass is 10.3. The number of carbonyl (C=O) groups excluding carboxylic acids is 1. The van der Waals surface area contributed by atoms with E-state index in [-0.39, 0.29) is 23.0 Å². The highest BCUT2D eigenvalue weighted by atomic mass is 32.2. The van der Waals surface area contributed by atoms with Crippen LogP contribution in [0.5, 0.6) is 11.5 Å². The van der Waals surface area contributed by atoms with Gasteiger partial charge in [0.15, 0.2) is 21.3 Å². The molecule has 0 spiro atoms. The van der Waals surface area contributed by atoms with Gasteiger partial charge in [-0.3, -0.25) is 4.79 Å². The third kappa shape index (κ3) is 6.18. The third-order valence-corrected chi connectivity index (χ3v) is 5.29. The second-order valence-corrected chi connectivity index (χ2v) is 7.58. The van der Waals surface area contributed by atoms with E-state index in [1.54, 1.807) is 13.2 Å². The van der Waals surface area contributed by atoms with Gasteiger partial charge < -0.3 is 24.8 Å². The number of methoxy groups -OCH3 is 1. The number of carbonyl (C=O) groups is 1. The summed E-state index contributed by atoms with van der Waals surface area (Å²) >= 11 is 0. The molecule has 0 saturated heterocycles. The van der Waals surface area contributed by atoms with Crippen LogP contribution < -0.4 is 20.1 Å². The lowest BCUT2D eigenvalue weighted by molar-refractivity contribution is -0.120. The highest BCUT2D eigenvalue weighted by Crippen LogP contribution is 2.32. The smallest absolute Gasteiger partial charge is 0.221 e. The zero-order chi connectivity index (χ0) is 18.1. The number of amides is 1. The summed E-state index contributed by atoms with van der Waals surface area (Å²) in [4.78, 5) is 11.9. The first kappa shape index (κ1) is 19.5. The quantitative estimate of drug-likeness (QED) is 0.556. The molecule has 25 heavy (non-hydrogen) atoms. The Kier molecular flexibility index (Phi) is 7.48. The summed E-state index contributed by atoms with van der Waals surface area (Å²) in [6.07, 6.45) is -0.0884. The van der Waals surface area contributed by atoms with Gasteiger partial charge in [-0.25, -0.2) is 8.42 Å². The van der Waals surface area contributed by atoms with Gasteiger partial charge in [-0.15, -0.1) is 0 Å². The molecular formula is C16H24N2O6S. The Labute approximate surface area is 147 Å². The van der Waals surface area contributed by atoms with Crippen molar-refractivity contribution in [2.45, 2.75) is 11.3 Å². The van der Waals surface area contributed by atoms with Crippen LogP contribution in [0.4, 0.5) is 0 Å². The molecule has 1 aliphatic rings. The molecule has 0 atom stereocenters. The van der Waals surface area contributed by atoms with Crippen molar-refractivity contribution in [2.75, 3.05) is 52.3 Å². The molecule has 8 nitrogen and oxygen atoms in total. The minimum Gasteiger partial charge on any atom is -0.486 e. The fourth-order valence-electron chi connectivity index (χ4n) is 2.24. The zero-order valence-corrected chi connectivity index (χ0v) is 15.1. The minimum absolute atomic E-state index is 0.0884. The maximum Gasteiger partial charge on any atom is 0.221 e. The summed E-state index contributed by atoms with van der Waals surface area (Å²) in [6.45, 7) is 3.17. The Hall–Kier alpha value is -1.84. The molecule has 0 aromatic heterocycles. The molecule has 0 aliphatic carbocycles. The fraction of sp³-hybridized carbons (Fsp3) is 0.562. The fourth-order valence-corrected chi connectivity index (χ4v) is 3.49. The molecule has 1 aromatic rings. The minimum atomic E-state index is -3.56. The van der Waals surface area contributed by atoms with Crippen LogP contribution in [0.1, 0.15) is 6.42 Å². The molecule has 2 rings (SSSR count). The topological polar surface area (TPSA) is 103 Å². The molecule has 9 heteroatoms. The maximum absolute atomic E-state index is 12.4. The van der Waals surface area contributed by atoms with Crippen LogP contribution in [0.25, 0.3) is 0 Å². The number of rotatable bonds is 10. The van der Waals surface area contributed by atoms with E-state index in [1.165, 1.54) is 12.1 Å². The summed E-state index contributed by atoms with van der Waals surface area (Å²) in [5.74, 6) is 0.396. The van der Waals surface area contributed by atoms with Crippen LogP contribution in [-0.4, -0.2) is 66.6 Å².